The molecular formula is C15H22FN3O2. The summed E-state index contributed by atoms with van der Waals surface area (Å²) in [6.45, 7) is 3.35. The van der Waals surface area contributed by atoms with Crippen LogP contribution in [0.1, 0.15) is 29.6 Å². The highest BCUT2D eigenvalue weighted by molar-refractivity contribution is 5.98. The number of carbonyl (C=O) groups is 1. The lowest BCUT2D eigenvalue weighted by Gasteiger charge is -2.23. The van der Waals surface area contributed by atoms with Gasteiger partial charge >= 0.3 is 0 Å². The number of piperidine rings is 1. The zero-order valence-electron chi connectivity index (χ0n) is 12.0. The number of rotatable bonds is 7. The maximum atomic E-state index is 13.1. The summed E-state index contributed by atoms with van der Waals surface area (Å²) in [5.74, 6) is -1.11. The molecule has 0 bridgehead atoms. The van der Waals surface area contributed by atoms with Crippen LogP contribution in [0.2, 0.25) is 0 Å². The Bertz CT molecular complexity index is 476. The molecule has 0 aromatic heterocycles. The second kappa shape index (κ2) is 7.95. The van der Waals surface area contributed by atoms with Crippen LogP contribution >= 0.6 is 0 Å². The highest BCUT2D eigenvalue weighted by Crippen LogP contribution is 2.16. The number of ether oxygens (including phenoxy) is 1. The largest absolute Gasteiger partial charge is 0.384 e. The Hall–Kier alpha value is -1.66. The van der Waals surface area contributed by atoms with E-state index in [1.165, 1.54) is 12.1 Å². The number of nitrogens with one attached hydrogen (secondary N) is 2. The molecule has 0 radical (unpaired) electrons. The molecule has 2 rings (SSSR count). The van der Waals surface area contributed by atoms with Crippen LogP contribution in [-0.4, -0.2) is 38.3 Å². The van der Waals surface area contributed by atoms with Gasteiger partial charge in [-0.3, -0.25) is 4.79 Å². The fourth-order valence-electron chi connectivity index (χ4n) is 2.38. The molecular weight excluding hydrogens is 273 g/mol. The third-order valence-corrected chi connectivity index (χ3v) is 3.52. The van der Waals surface area contributed by atoms with E-state index in [0.717, 1.165) is 38.4 Å². The summed E-state index contributed by atoms with van der Waals surface area (Å²) in [6.07, 6.45) is 3.27. The maximum absolute atomic E-state index is 13.1. The SMILES string of the molecule is NC(=O)c1cc(F)ccc1NCCCOC1CCNCC1. The highest BCUT2D eigenvalue weighted by atomic mass is 19.1. The first-order valence-corrected chi connectivity index (χ1v) is 7.32. The summed E-state index contributed by atoms with van der Waals surface area (Å²) < 4.78 is 18.9. The fourth-order valence-corrected chi connectivity index (χ4v) is 2.38. The molecule has 1 aromatic carbocycles. The molecule has 21 heavy (non-hydrogen) atoms. The van der Waals surface area contributed by atoms with Crippen molar-refractivity contribution in [3.8, 4) is 0 Å². The number of primary amides is 1. The molecule has 5 nitrogen and oxygen atoms in total. The molecule has 116 valence electrons. The van der Waals surface area contributed by atoms with Gasteiger partial charge in [0, 0.05) is 18.8 Å². The Morgan fingerprint density at radius 2 is 2.19 bits per heavy atom. The van der Waals surface area contributed by atoms with Gasteiger partial charge in [-0.25, -0.2) is 4.39 Å². The summed E-state index contributed by atoms with van der Waals surface area (Å²) in [7, 11) is 0. The number of hydrogen-bond acceptors (Lipinski definition) is 4. The highest BCUT2D eigenvalue weighted by Gasteiger charge is 2.13. The van der Waals surface area contributed by atoms with Crippen molar-refractivity contribution in [1.82, 2.24) is 5.32 Å². The minimum absolute atomic E-state index is 0.175. The van der Waals surface area contributed by atoms with E-state index in [1.807, 2.05) is 0 Å². The quantitative estimate of drug-likeness (QED) is 0.666. The Labute approximate surface area is 124 Å². The van der Waals surface area contributed by atoms with Crippen molar-refractivity contribution in [2.75, 3.05) is 31.6 Å². The zero-order chi connectivity index (χ0) is 15.1. The van der Waals surface area contributed by atoms with Crippen LogP contribution in [0, 0.1) is 5.82 Å². The second-order valence-corrected chi connectivity index (χ2v) is 5.15. The Balaban J connectivity index is 1.72. The zero-order valence-corrected chi connectivity index (χ0v) is 12.0. The fraction of sp³-hybridized carbons (Fsp3) is 0.533. The van der Waals surface area contributed by atoms with Crippen LogP contribution in [0.4, 0.5) is 10.1 Å². The standard InChI is InChI=1S/C15H22FN3O2/c16-11-2-3-14(13(10-11)15(17)20)19-6-1-9-21-12-4-7-18-8-5-12/h2-3,10,12,18-19H,1,4-9H2,(H2,17,20). The lowest BCUT2D eigenvalue weighted by molar-refractivity contribution is 0.0329. The van der Waals surface area contributed by atoms with Gasteiger partial charge in [0.1, 0.15) is 5.82 Å². The van der Waals surface area contributed by atoms with E-state index in [1.54, 1.807) is 0 Å². The predicted octanol–water partition coefficient (Wildman–Crippen LogP) is 1.50. The van der Waals surface area contributed by atoms with Crippen LogP contribution < -0.4 is 16.4 Å². The van der Waals surface area contributed by atoms with Crippen LogP contribution in [0.25, 0.3) is 0 Å². The topological polar surface area (TPSA) is 76.4 Å². The van der Waals surface area contributed by atoms with Gasteiger partial charge in [-0.1, -0.05) is 0 Å². The Morgan fingerprint density at radius 1 is 1.43 bits per heavy atom. The van der Waals surface area contributed by atoms with Crippen LogP contribution in [0.5, 0.6) is 0 Å². The third-order valence-electron chi connectivity index (χ3n) is 3.52. The van der Waals surface area contributed by atoms with E-state index in [0.29, 0.717) is 24.9 Å². The summed E-state index contributed by atoms with van der Waals surface area (Å²) in [6, 6.07) is 3.99. The molecule has 1 aliphatic heterocycles. The third kappa shape index (κ3) is 4.99. The smallest absolute Gasteiger partial charge is 0.250 e. The number of hydrogen-bond donors (Lipinski definition) is 3. The van der Waals surface area contributed by atoms with Crippen molar-refractivity contribution in [3.63, 3.8) is 0 Å². The molecule has 1 saturated heterocycles. The van der Waals surface area contributed by atoms with Gasteiger partial charge in [0.05, 0.1) is 11.7 Å². The molecule has 6 heteroatoms. The lowest BCUT2D eigenvalue weighted by Crippen LogP contribution is -2.32. The Kier molecular flexibility index (Phi) is 5.95. The lowest BCUT2D eigenvalue weighted by atomic mass is 10.1. The van der Waals surface area contributed by atoms with Crippen LogP contribution in [-0.2, 0) is 4.74 Å². The van der Waals surface area contributed by atoms with Gasteiger partial charge in [-0.05, 0) is 50.6 Å². The van der Waals surface area contributed by atoms with E-state index in [9.17, 15) is 9.18 Å². The molecule has 1 aromatic rings. The predicted molar refractivity (Wildman–Crippen MR) is 79.9 cm³/mol. The molecule has 1 amide bonds. The number of nitrogens with two attached hydrogens (primary N) is 1. The molecule has 0 unspecified atom stereocenters. The van der Waals surface area contributed by atoms with Crippen LogP contribution in [0.15, 0.2) is 18.2 Å². The Morgan fingerprint density at radius 3 is 2.90 bits per heavy atom. The average Bonchev–Trinajstić information content (AvgIpc) is 2.49. The maximum Gasteiger partial charge on any atom is 0.250 e. The van der Waals surface area contributed by atoms with E-state index in [4.69, 9.17) is 10.5 Å². The normalized spacial score (nSPS) is 15.9. The van der Waals surface area contributed by atoms with Crippen molar-refractivity contribution >= 4 is 11.6 Å². The van der Waals surface area contributed by atoms with E-state index >= 15 is 0 Å². The summed E-state index contributed by atoms with van der Waals surface area (Å²) in [4.78, 5) is 11.3. The second-order valence-electron chi connectivity index (χ2n) is 5.15. The minimum atomic E-state index is -0.636. The molecule has 0 spiro atoms. The van der Waals surface area contributed by atoms with Crippen molar-refractivity contribution in [3.05, 3.63) is 29.6 Å². The summed E-state index contributed by atoms with van der Waals surface area (Å²) >= 11 is 0. The van der Waals surface area contributed by atoms with Crippen molar-refractivity contribution < 1.29 is 13.9 Å². The number of anilines is 1. The number of carbonyl (C=O) groups excluding carboxylic acids is 1. The van der Waals surface area contributed by atoms with Gasteiger partial charge in [-0.15, -0.1) is 0 Å². The van der Waals surface area contributed by atoms with E-state index in [-0.39, 0.29) is 5.56 Å². The van der Waals surface area contributed by atoms with Crippen LogP contribution in [0.3, 0.4) is 0 Å². The molecule has 1 heterocycles. The minimum Gasteiger partial charge on any atom is -0.384 e. The van der Waals surface area contributed by atoms with Gasteiger partial charge in [-0.2, -0.15) is 0 Å². The van der Waals surface area contributed by atoms with Crippen molar-refractivity contribution in [2.45, 2.75) is 25.4 Å². The number of amides is 1. The number of benzene rings is 1. The average molecular weight is 295 g/mol. The molecule has 1 aliphatic rings. The molecule has 0 atom stereocenters. The van der Waals surface area contributed by atoms with Gasteiger partial charge in [0.2, 0.25) is 0 Å². The van der Waals surface area contributed by atoms with E-state index < -0.39 is 11.7 Å². The first-order chi connectivity index (χ1) is 10.2. The first-order valence-electron chi connectivity index (χ1n) is 7.32. The van der Waals surface area contributed by atoms with Gasteiger partial charge in [0.25, 0.3) is 5.91 Å². The molecule has 0 aliphatic carbocycles. The summed E-state index contributed by atoms with van der Waals surface area (Å²) in [5.41, 5.74) is 5.97. The van der Waals surface area contributed by atoms with Gasteiger partial charge in [0.15, 0.2) is 0 Å². The molecule has 4 N–H and O–H groups in total. The van der Waals surface area contributed by atoms with Crippen molar-refractivity contribution in [1.29, 1.82) is 0 Å². The summed E-state index contributed by atoms with van der Waals surface area (Å²) in [5, 5.41) is 6.39. The van der Waals surface area contributed by atoms with Gasteiger partial charge < -0.3 is 21.1 Å². The monoisotopic (exact) mass is 295 g/mol. The van der Waals surface area contributed by atoms with Crippen molar-refractivity contribution in [2.24, 2.45) is 5.73 Å². The number of halogens is 1. The first kappa shape index (κ1) is 15.7. The molecule has 0 saturated carbocycles. The van der Waals surface area contributed by atoms with E-state index in [2.05, 4.69) is 10.6 Å². The molecule has 1 fully saturated rings.